The first kappa shape index (κ1) is 12.8. The fourth-order valence-electron chi connectivity index (χ4n) is 3.00. The van der Waals surface area contributed by atoms with Crippen molar-refractivity contribution < 1.29 is 9.47 Å². The predicted molar refractivity (Wildman–Crippen MR) is 80.9 cm³/mol. The Bertz CT molecular complexity index is 515. The van der Waals surface area contributed by atoms with Crippen molar-refractivity contribution in [2.24, 2.45) is 0 Å². The van der Waals surface area contributed by atoms with Gasteiger partial charge in [0.2, 0.25) is 0 Å². The molecular formula is C16H21NO2S. The maximum absolute atomic E-state index is 5.85. The Balaban J connectivity index is 1.70. The zero-order valence-corrected chi connectivity index (χ0v) is 12.7. The largest absolute Gasteiger partial charge is 0.490 e. The van der Waals surface area contributed by atoms with Gasteiger partial charge in [0, 0.05) is 28.6 Å². The first-order chi connectivity index (χ1) is 9.79. The van der Waals surface area contributed by atoms with Gasteiger partial charge in [-0.2, -0.15) is 0 Å². The zero-order chi connectivity index (χ0) is 13.5. The quantitative estimate of drug-likeness (QED) is 0.903. The van der Waals surface area contributed by atoms with Gasteiger partial charge in [0.05, 0.1) is 13.2 Å². The van der Waals surface area contributed by atoms with Gasteiger partial charge in [-0.3, -0.25) is 0 Å². The first-order valence-electron chi connectivity index (χ1n) is 7.66. The SMILES string of the molecule is CC1CC(NC2CC2)c2cc3c(cc2S1)OCCCO3. The number of ether oxygens (including phenoxy) is 2. The van der Waals surface area contributed by atoms with Gasteiger partial charge in [-0.15, -0.1) is 11.8 Å². The number of nitrogens with one attached hydrogen (secondary N) is 1. The average Bonchev–Trinajstić information content (AvgIpc) is 3.23. The van der Waals surface area contributed by atoms with E-state index in [0.29, 0.717) is 11.3 Å². The topological polar surface area (TPSA) is 30.5 Å². The maximum atomic E-state index is 5.85. The summed E-state index contributed by atoms with van der Waals surface area (Å²) in [6, 6.07) is 5.62. The summed E-state index contributed by atoms with van der Waals surface area (Å²) in [4.78, 5) is 1.37. The third kappa shape index (κ3) is 2.51. The van der Waals surface area contributed by atoms with Gasteiger partial charge in [-0.05, 0) is 37.0 Å². The van der Waals surface area contributed by atoms with Crippen molar-refractivity contribution in [3.05, 3.63) is 17.7 Å². The van der Waals surface area contributed by atoms with Gasteiger partial charge in [-0.1, -0.05) is 6.92 Å². The van der Waals surface area contributed by atoms with Gasteiger partial charge in [0.15, 0.2) is 11.5 Å². The van der Waals surface area contributed by atoms with Gasteiger partial charge >= 0.3 is 0 Å². The van der Waals surface area contributed by atoms with E-state index in [-0.39, 0.29) is 0 Å². The Labute approximate surface area is 124 Å². The molecule has 2 aliphatic heterocycles. The molecule has 2 heterocycles. The van der Waals surface area contributed by atoms with Crippen LogP contribution in [0.15, 0.2) is 17.0 Å². The van der Waals surface area contributed by atoms with Gasteiger partial charge in [-0.25, -0.2) is 0 Å². The Morgan fingerprint density at radius 3 is 2.65 bits per heavy atom. The highest BCUT2D eigenvalue weighted by atomic mass is 32.2. The van der Waals surface area contributed by atoms with Gasteiger partial charge in [0.1, 0.15) is 0 Å². The van der Waals surface area contributed by atoms with E-state index in [4.69, 9.17) is 9.47 Å². The summed E-state index contributed by atoms with van der Waals surface area (Å²) >= 11 is 1.97. The molecule has 1 aliphatic carbocycles. The summed E-state index contributed by atoms with van der Waals surface area (Å²) in [5.74, 6) is 1.85. The molecule has 1 aromatic carbocycles. The van der Waals surface area contributed by atoms with E-state index in [1.165, 1.54) is 29.7 Å². The molecule has 0 bridgehead atoms. The predicted octanol–water partition coefficient (Wildman–Crippen LogP) is 3.53. The van der Waals surface area contributed by atoms with Crippen LogP contribution in [-0.2, 0) is 0 Å². The van der Waals surface area contributed by atoms with Crippen molar-refractivity contribution in [2.45, 2.75) is 54.8 Å². The molecular weight excluding hydrogens is 270 g/mol. The molecule has 3 nitrogen and oxygen atoms in total. The number of fused-ring (bicyclic) bond motifs is 2. The van der Waals surface area contributed by atoms with Crippen molar-refractivity contribution in [1.82, 2.24) is 5.32 Å². The van der Waals surface area contributed by atoms with Crippen LogP contribution in [0.4, 0.5) is 0 Å². The van der Waals surface area contributed by atoms with E-state index >= 15 is 0 Å². The lowest BCUT2D eigenvalue weighted by molar-refractivity contribution is 0.296. The van der Waals surface area contributed by atoms with Crippen LogP contribution < -0.4 is 14.8 Å². The highest BCUT2D eigenvalue weighted by Crippen LogP contribution is 2.46. The second kappa shape index (κ2) is 5.15. The summed E-state index contributed by atoms with van der Waals surface area (Å²) in [6.07, 6.45) is 4.83. The first-order valence-corrected chi connectivity index (χ1v) is 8.54. The van der Waals surface area contributed by atoms with Crippen molar-refractivity contribution in [2.75, 3.05) is 13.2 Å². The maximum Gasteiger partial charge on any atom is 0.162 e. The van der Waals surface area contributed by atoms with Crippen molar-refractivity contribution >= 4 is 11.8 Å². The molecule has 0 spiro atoms. The summed E-state index contributed by atoms with van der Waals surface area (Å²) in [7, 11) is 0. The van der Waals surface area contributed by atoms with Crippen LogP contribution in [0.3, 0.4) is 0 Å². The molecule has 2 unspecified atom stereocenters. The van der Waals surface area contributed by atoms with E-state index in [1.54, 1.807) is 0 Å². The molecule has 3 aliphatic rings. The molecule has 4 rings (SSSR count). The zero-order valence-electron chi connectivity index (χ0n) is 11.9. The van der Waals surface area contributed by atoms with Crippen LogP contribution in [0.2, 0.25) is 0 Å². The molecule has 108 valence electrons. The minimum atomic E-state index is 0.478. The van der Waals surface area contributed by atoms with Crippen molar-refractivity contribution in [3.8, 4) is 11.5 Å². The summed E-state index contributed by atoms with van der Waals surface area (Å²) in [5.41, 5.74) is 1.41. The van der Waals surface area contributed by atoms with Crippen LogP contribution in [0.5, 0.6) is 11.5 Å². The molecule has 20 heavy (non-hydrogen) atoms. The van der Waals surface area contributed by atoms with E-state index in [9.17, 15) is 0 Å². The molecule has 1 saturated carbocycles. The number of hydrogen-bond donors (Lipinski definition) is 1. The molecule has 0 aromatic heterocycles. The molecule has 2 atom stereocenters. The van der Waals surface area contributed by atoms with E-state index < -0.39 is 0 Å². The van der Waals surface area contributed by atoms with Crippen LogP contribution in [0, 0.1) is 0 Å². The lowest BCUT2D eigenvalue weighted by atomic mass is 10.0. The van der Waals surface area contributed by atoms with Crippen molar-refractivity contribution in [1.29, 1.82) is 0 Å². The fraction of sp³-hybridized carbons (Fsp3) is 0.625. The second-order valence-electron chi connectivity index (χ2n) is 6.04. The summed E-state index contributed by atoms with van der Waals surface area (Å²) < 4.78 is 11.7. The van der Waals surface area contributed by atoms with Crippen LogP contribution >= 0.6 is 11.8 Å². The minimum absolute atomic E-state index is 0.478. The molecule has 1 aromatic rings. The second-order valence-corrected chi connectivity index (χ2v) is 7.53. The molecule has 0 radical (unpaired) electrons. The number of rotatable bonds is 2. The number of hydrogen-bond acceptors (Lipinski definition) is 4. The number of thioether (sulfide) groups is 1. The minimum Gasteiger partial charge on any atom is -0.490 e. The van der Waals surface area contributed by atoms with E-state index in [1.807, 2.05) is 11.8 Å². The Hall–Kier alpha value is -0.870. The Morgan fingerprint density at radius 1 is 1.15 bits per heavy atom. The highest BCUT2D eigenvalue weighted by molar-refractivity contribution is 8.00. The molecule has 0 amide bonds. The average molecular weight is 291 g/mol. The Kier molecular flexibility index (Phi) is 3.31. The molecule has 1 fully saturated rings. The van der Waals surface area contributed by atoms with E-state index in [2.05, 4.69) is 24.4 Å². The normalized spacial score (nSPS) is 28.6. The summed E-state index contributed by atoms with van der Waals surface area (Å²) in [6.45, 7) is 3.84. The highest BCUT2D eigenvalue weighted by Gasteiger charge is 2.32. The molecule has 4 heteroatoms. The summed E-state index contributed by atoms with van der Waals surface area (Å²) in [5, 5.41) is 4.45. The standard InChI is InChI=1S/C16H21NO2S/c1-10-7-13(17-11-3-4-11)12-8-14-15(9-16(12)20-10)19-6-2-5-18-14/h8-11,13,17H,2-7H2,1H3. The number of benzene rings is 1. The third-order valence-electron chi connectivity index (χ3n) is 4.17. The fourth-order valence-corrected chi connectivity index (χ4v) is 4.23. The van der Waals surface area contributed by atoms with Gasteiger partial charge < -0.3 is 14.8 Å². The lowest BCUT2D eigenvalue weighted by Crippen LogP contribution is -2.28. The lowest BCUT2D eigenvalue weighted by Gasteiger charge is -2.31. The van der Waals surface area contributed by atoms with Crippen molar-refractivity contribution in [3.63, 3.8) is 0 Å². The van der Waals surface area contributed by atoms with Crippen LogP contribution in [0.1, 0.15) is 44.2 Å². The molecule has 1 N–H and O–H groups in total. The van der Waals surface area contributed by atoms with Crippen LogP contribution in [-0.4, -0.2) is 24.5 Å². The third-order valence-corrected chi connectivity index (χ3v) is 5.37. The van der Waals surface area contributed by atoms with Gasteiger partial charge in [0.25, 0.3) is 0 Å². The van der Waals surface area contributed by atoms with E-state index in [0.717, 1.165) is 37.2 Å². The van der Waals surface area contributed by atoms with Crippen LogP contribution in [0.25, 0.3) is 0 Å². The Morgan fingerprint density at radius 2 is 1.90 bits per heavy atom. The smallest absolute Gasteiger partial charge is 0.162 e. The monoisotopic (exact) mass is 291 g/mol. The molecule has 0 saturated heterocycles.